The Labute approximate surface area is 171 Å². The van der Waals surface area contributed by atoms with Gasteiger partial charge in [0.25, 0.3) is 5.91 Å². The fraction of sp³-hybridized carbons (Fsp3) is 0.381. The lowest BCUT2D eigenvalue weighted by molar-refractivity contribution is -0.901. The number of hydrogen-bond donors (Lipinski definition) is 3. The first-order valence-electron chi connectivity index (χ1n) is 9.47. The van der Waals surface area contributed by atoms with E-state index in [1.165, 1.54) is 31.5 Å². The molecule has 0 aliphatic carbocycles. The Balaban J connectivity index is 1.47. The zero-order valence-corrected chi connectivity index (χ0v) is 17.2. The van der Waals surface area contributed by atoms with Crippen molar-refractivity contribution in [2.24, 2.45) is 0 Å². The van der Waals surface area contributed by atoms with Crippen molar-refractivity contribution in [3.63, 3.8) is 0 Å². The lowest BCUT2D eigenvalue weighted by Gasteiger charge is -2.15. The third-order valence-electron chi connectivity index (χ3n) is 4.95. The van der Waals surface area contributed by atoms with Gasteiger partial charge in [-0.1, -0.05) is 41.4 Å². The fourth-order valence-corrected chi connectivity index (χ4v) is 3.91. The minimum atomic E-state index is 0.00507. The van der Waals surface area contributed by atoms with Gasteiger partial charge in [0.2, 0.25) is 0 Å². The van der Waals surface area contributed by atoms with Crippen LogP contribution in [0.3, 0.4) is 0 Å². The number of likely N-dealkylation sites (N-methyl/N-ethyl adjacent to an activating group) is 1. The summed E-state index contributed by atoms with van der Waals surface area (Å²) in [5.74, 6) is 0.00507. The maximum absolute atomic E-state index is 12.3. The molecule has 1 amide bonds. The summed E-state index contributed by atoms with van der Waals surface area (Å²) in [6, 6.07) is 13.8. The number of anilines is 1. The normalized spacial score (nSPS) is 15.7. The molecule has 2 aromatic carbocycles. The summed E-state index contributed by atoms with van der Waals surface area (Å²) in [6.45, 7) is 4.71. The molecule has 0 saturated carbocycles. The molecular weight excluding hydrogens is 381 g/mol. The maximum Gasteiger partial charge on any atom is 0.279 e. The van der Waals surface area contributed by atoms with Gasteiger partial charge in [-0.2, -0.15) is 0 Å². The van der Waals surface area contributed by atoms with Crippen molar-refractivity contribution < 1.29 is 14.6 Å². The Hall–Kier alpha value is -1.59. The van der Waals surface area contributed by atoms with Crippen molar-refractivity contribution in [3.8, 4) is 0 Å². The number of amides is 1. The number of quaternary nitrogens is 2. The Morgan fingerprint density at radius 2 is 1.70 bits per heavy atom. The molecule has 1 aliphatic heterocycles. The maximum atomic E-state index is 12.3. The van der Waals surface area contributed by atoms with E-state index in [1.54, 1.807) is 11.0 Å². The summed E-state index contributed by atoms with van der Waals surface area (Å²) in [6.07, 6.45) is 2.67. The molecule has 1 saturated heterocycles. The van der Waals surface area contributed by atoms with Crippen molar-refractivity contribution in [2.45, 2.75) is 25.9 Å². The van der Waals surface area contributed by atoms with Gasteiger partial charge in [-0.3, -0.25) is 4.79 Å². The summed E-state index contributed by atoms with van der Waals surface area (Å²) < 4.78 is 0. The number of carbonyl (C=O) groups excluding carboxylic acids is 1. The minimum Gasteiger partial charge on any atom is -0.331 e. The van der Waals surface area contributed by atoms with E-state index in [-0.39, 0.29) is 5.91 Å². The highest BCUT2D eigenvalue weighted by molar-refractivity contribution is 6.42. The van der Waals surface area contributed by atoms with Crippen LogP contribution in [-0.4, -0.2) is 32.6 Å². The van der Waals surface area contributed by atoms with Gasteiger partial charge in [0.15, 0.2) is 6.54 Å². The number of hydrogen-bond acceptors (Lipinski definition) is 1. The molecule has 1 unspecified atom stereocenters. The molecule has 1 heterocycles. The van der Waals surface area contributed by atoms with Crippen molar-refractivity contribution >= 4 is 34.8 Å². The molecule has 0 spiro atoms. The molecule has 3 rings (SSSR count). The highest BCUT2D eigenvalue weighted by Crippen LogP contribution is 2.22. The van der Waals surface area contributed by atoms with Crippen molar-refractivity contribution in [3.05, 3.63) is 63.6 Å². The Bertz CT molecular complexity index is 773. The Kier molecular flexibility index (Phi) is 7.13. The largest absolute Gasteiger partial charge is 0.331 e. The summed E-state index contributed by atoms with van der Waals surface area (Å²) in [7, 11) is 1.99. The lowest BCUT2D eigenvalue weighted by Crippen LogP contribution is -3.08. The number of nitrogens with one attached hydrogen (secondary N) is 3. The third kappa shape index (κ3) is 6.22. The summed E-state index contributed by atoms with van der Waals surface area (Å²) in [4.78, 5) is 15.1. The molecule has 3 N–H and O–H groups in total. The molecule has 0 bridgehead atoms. The van der Waals surface area contributed by atoms with Crippen molar-refractivity contribution in [1.82, 2.24) is 0 Å². The van der Waals surface area contributed by atoms with Crippen LogP contribution in [0.2, 0.25) is 10.0 Å². The van der Waals surface area contributed by atoms with Gasteiger partial charge in [-0.15, -0.1) is 0 Å². The van der Waals surface area contributed by atoms with Gasteiger partial charge in [0.1, 0.15) is 13.1 Å². The van der Waals surface area contributed by atoms with E-state index < -0.39 is 0 Å². The van der Waals surface area contributed by atoms with Gasteiger partial charge >= 0.3 is 0 Å². The van der Waals surface area contributed by atoms with Gasteiger partial charge in [0, 0.05) is 29.7 Å². The van der Waals surface area contributed by atoms with E-state index >= 15 is 0 Å². The van der Waals surface area contributed by atoms with Crippen LogP contribution < -0.4 is 15.1 Å². The Morgan fingerprint density at radius 3 is 2.37 bits per heavy atom. The van der Waals surface area contributed by atoms with Gasteiger partial charge in [0.05, 0.1) is 30.2 Å². The first-order chi connectivity index (χ1) is 13.0. The molecule has 1 atom stereocenters. The van der Waals surface area contributed by atoms with Crippen molar-refractivity contribution in [2.75, 3.05) is 32.0 Å². The van der Waals surface area contributed by atoms with E-state index in [9.17, 15) is 4.79 Å². The second kappa shape index (κ2) is 9.56. The molecule has 4 nitrogen and oxygen atoms in total. The summed E-state index contributed by atoms with van der Waals surface area (Å²) >= 11 is 12.0. The predicted octanol–water partition coefficient (Wildman–Crippen LogP) is 1.83. The predicted molar refractivity (Wildman–Crippen MR) is 111 cm³/mol. The van der Waals surface area contributed by atoms with E-state index in [2.05, 4.69) is 17.4 Å². The molecule has 1 aliphatic rings. The zero-order valence-electron chi connectivity index (χ0n) is 15.7. The molecule has 144 valence electrons. The highest BCUT2D eigenvalue weighted by atomic mass is 35.5. The number of rotatable bonds is 7. The smallest absolute Gasteiger partial charge is 0.279 e. The second-order valence-electron chi connectivity index (χ2n) is 7.44. The number of carbonyl (C=O) groups is 1. The average Bonchev–Trinajstić information content (AvgIpc) is 3.13. The lowest BCUT2D eigenvalue weighted by atomic mass is 10.2. The fourth-order valence-electron chi connectivity index (χ4n) is 3.59. The topological polar surface area (TPSA) is 38.0 Å². The molecule has 0 radical (unpaired) electrons. The van der Waals surface area contributed by atoms with Crippen LogP contribution in [0.1, 0.15) is 24.0 Å². The van der Waals surface area contributed by atoms with Gasteiger partial charge in [-0.25, -0.2) is 0 Å². The minimum absolute atomic E-state index is 0.00507. The number of likely N-dealkylation sites (tertiary alicyclic amines) is 1. The molecule has 1 fully saturated rings. The number of benzene rings is 2. The SMILES string of the molecule is C[NH+](CC(=O)Nc1ccc(C[NH+]2CCCC2)cc1)Cc1ccc(Cl)c(Cl)c1. The van der Waals surface area contributed by atoms with E-state index in [1.807, 2.05) is 31.3 Å². The van der Waals surface area contributed by atoms with Crippen LogP contribution in [0.4, 0.5) is 5.69 Å². The second-order valence-corrected chi connectivity index (χ2v) is 8.25. The first kappa shape index (κ1) is 20.2. The summed E-state index contributed by atoms with van der Waals surface area (Å²) in [5.41, 5.74) is 3.23. The first-order valence-corrected chi connectivity index (χ1v) is 10.2. The van der Waals surface area contributed by atoms with Crippen LogP contribution in [0.25, 0.3) is 0 Å². The van der Waals surface area contributed by atoms with Crippen LogP contribution >= 0.6 is 23.2 Å². The number of halogens is 2. The van der Waals surface area contributed by atoms with Crippen LogP contribution in [-0.2, 0) is 17.9 Å². The van der Waals surface area contributed by atoms with E-state index in [0.717, 1.165) is 22.7 Å². The molecule has 6 heteroatoms. The Morgan fingerprint density at radius 1 is 1.04 bits per heavy atom. The quantitative estimate of drug-likeness (QED) is 0.643. The van der Waals surface area contributed by atoms with E-state index in [4.69, 9.17) is 23.2 Å². The van der Waals surface area contributed by atoms with Crippen LogP contribution in [0, 0.1) is 0 Å². The van der Waals surface area contributed by atoms with Crippen molar-refractivity contribution in [1.29, 1.82) is 0 Å². The highest BCUT2D eigenvalue weighted by Gasteiger charge is 2.16. The van der Waals surface area contributed by atoms with Crippen LogP contribution in [0.5, 0.6) is 0 Å². The molecule has 0 aromatic heterocycles. The van der Waals surface area contributed by atoms with Gasteiger partial charge in [-0.05, 0) is 24.3 Å². The molecule has 2 aromatic rings. The third-order valence-corrected chi connectivity index (χ3v) is 5.69. The van der Waals surface area contributed by atoms with Gasteiger partial charge < -0.3 is 15.1 Å². The standard InChI is InChI=1S/C21H25Cl2N3O/c1-25(13-17-6-9-19(22)20(23)12-17)15-21(27)24-18-7-4-16(5-8-18)14-26-10-2-3-11-26/h4-9,12H,2-3,10-11,13-15H2,1H3,(H,24,27)/p+2. The monoisotopic (exact) mass is 407 g/mol. The molecular formula is C21H27Cl2N3O+2. The zero-order chi connectivity index (χ0) is 19.2. The van der Waals surface area contributed by atoms with E-state index in [0.29, 0.717) is 23.1 Å². The molecule has 27 heavy (non-hydrogen) atoms. The average molecular weight is 408 g/mol. The summed E-state index contributed by atoms with van der Waals surface area (Å²) in [5, 5.41) is 4.08. The van der Waals surface area contributed by atoms with Crippen LogP contribution in [0.15, 0.2) is 42.5 Å².